The molecule has 0 radical (unpaired) electrons. The molecule has 8 heteroatoms. The van der Waals surface area contributed by atoms with Crippen LogP contribution in [0.15, 0.2) is 53.6 Å². The second kappa shape index (κ2) is 9.32. The van der Waals surface area contributed by atoms with E-state index in [2.05, 4.69) is 15.3 Å². The molecule has 164 valence electrons. The Morgan fingerprint density at radius 1 is 1.16 bits per heavy atom. The van der Waals surface area contributed by atoms with Gasteiger partial charge in [-0.05, 0) is 37.6 Å². The number of nitrogens with one attached hydrogen (secondary N) is 1. The lowest BCUT2D eigenvalue weighted by Crippen LogP contribution is -2.26. The predicted molar refractivity (Wildman–Crippen MR) is 130 cm³/mol. The van der Waals surface area contributed by atoms with Crippen LogP contribution >= 0.6 is 11.3 Å². The van der Waals surface area contributed by atoms with Crippen molar-refractivity contribution in [1.29, 1.82) is 0 Å². The Kier molecular flexibility index (Phi) is 6.32. The highest BCUT2D eigenvalue weighted by molar-refractivity contribution is 7.24. The van der Waals surface area contributed by atoms with Crippen molar-refractivity contribution < 1.29 is 9.53 Å². The van der Waals surface area contributed by atoms with Crippen molar-refractivity contribution in [1.82, 2.24) is 9.97 Å². The van der Waals surface area contributed by atoms with Crippen molar-refractivity contribution in [2.75, 3.05) is 37.0 Å². The fraction of sp³-hybridized carbons (Fsp3) is 0.250. The normalized spacial score (nSPS) is 11.0. The molecule has 0 aliphatic heterocycles. The minimum Gasteiger partial charge on any atom is -0.462 e. The van der Waals surface area contributed by atoms with Gasteiger partial charge in [0.2, 0.25) is 5.95 Å². The highest BCUT2D eigenvalue weighted by atomic mass is 32.1. The number of hydrogen-bond donors (Lipinski definition) is 1. The van der Waals surface area contributed by atoms with Gasteiger partial charge in [0, 0.05) is 53.0 Å². The molecular weight excluding hydrogens is 424 g/mol. The summed E-state index contributed by atoms with van der Waals surface area (Å²) in [5, 5.41) is 4.87. The molecule has 0 saturated heterocycles. The van der Waals surface area contributed by atoms with E-state index < -0.39 is 5.97 Å². The van der Waals surface area contributed by atoms with Gasteiger partial charge >= 0.3 is 5.97 Å². The molecule has 0 unspecified atom stereocenters. The zero-order valence-electron chi connectivity index (χ0n) is 18.2. The Balaban J connectivity index is 1.51. The Labute approximate surface area is 189 Å². The summed E-state index contributed by atoms with van der Waals surface area (Å²) in [6.45, 7) is 5.29. The van der Waals surface area contributed by atoms with Crippen molar-refractivity contribution in [3.05, 3.63) is 70.1 Å². The molecule has 0 aliphatic carbocycles. The van der Waals surface area contributed by atoms with E-state index >= 15 is 0 Å². The number of hydrogen-bond acceptors (Lipinski definition) is 8. The van der Waals surface area contributed by atoms with Gasteiger partial charge < -0.3 is 15.0 Å². The van der Waals surface area contributed by atoms with E-state index in [4.69, 9.17) is 4.74 Å². The zero-order chi connectivity index (χ0) is 22.7. The van der Waals surface area contributed by atoms with Crippen LogP contribution in [0.25, 0.3) is 20.2 Å². The number of carbonyl (C=O) groups excluding carboxylic acids is 1. The Bertz CT molecular complexity index is 1340. The second-order valence-corrected chi connectivity index (χ2v) is 8.45. The largest absolute Gasteiger partial charge is 0.462 e. The van der Waals surface area contributed by atoms with Gasteiger partial charge in [0.25, 0.3) is 0 Å². The molecule has 7 nitrogen and oxygen atoms in total. The molecule has 0 bridgehead atoms. The number of nitrogens with zero attached hydrogens (tertiary/aromatic N) is 3. The summed E-state index contributed by atoms with van der Waals surface area (Å²) in [6, 6.07) is 11.7. The lowest BCUT2D eigenvalue weighted by molar-refractivity contribution is 0.0525. The topological polar surface area (TPSA) is 84.4 Å². The van der Waals surface area contributed by atoms with E-state index in [1.54, 1.807) is 18.3 Å². The van der Waals surface area contributed by atoms with E-state index in [-0.39, 0.29) is 5.43 Å². The van der Waals surface area contributed by atoms with Crippen LogP contribution in [0.1, 0.15) is 22.8 Å². The summed E-state index contributed by atoms with van der Waals surface area (Å²) in [4.78, 5) is 35.3. The fourth-order valence-corrected chi connectivity index (χ4v) is 4.65. The van der Waals surface area contributed by atoms with Crippen LogP contribution in [-0.2, 0) is 4.74 Å². The number of esters is 1. The maximum Gasteiger partial charge on any atom is 0.341 e. The van der Waals surface area contributed by atoms with E-state index in [1.807, 2.05) is 55.3 Å². The lowest BCUT2D eigenvalue weighted by atomic mass is 10.1. The molecule has 4 aromatic rings. The number of aromatic nitrogens is 2. The number of carbonyl (C=O) groups is 1. The lowest BCUT2D eigenvalue weighted by Gasteiger charge is -2.18. The van der Waals surface area contributed by atoms with Gasteiger partial charge in [-0.1, -0.05) is 18.2 Å². The zero-order valence-corrected chi connectivity index (χ0v) is 19.0. The highest BCUT2D eigenvalue weighted by Crippen LogP contribution is 2.31. The van der Waals surface area contributed by atoms with Gasteiger partial charge in [-0.2, -0.15) is 0 Å². The number of ether oxygens (including phenoxy) is 1. The number of benzene rings is 2. The number of likely N-dealkylation sites (N-methyl/N-ethyl adjacent to an activating group) is 1. The number of aryl methyl sites for hydroxylation is 1. The molecular formula is C24H24N4O3S. The molecule has 0 atom stereocenters. The van der Waals surface area contributed by atoms with Crippen LogP contribution < -0.4 is 15.6 Å². The first-order valence-corrected chi connectivity index (χ1v) is 11.2. The Hall–Kier alpha value is -3.52. The molecule has 0 fully saturated rings. The van der Waals surface area contributed by atoms with E-state index in [0.717, 1.165) is 31.4 Å². The van der Waals surface area contributed by atoms with Gasteiger partial charge in [-0.15, -0.1) is 11.3 Å². The molecule has 2 aromatic carbocycles. The first kappa shape index (κ1) is 21.7. The minimum absolute atomic E-state index is 0.0480. The van der Waals surface area contributed by atoms with E-state index in [1.165, 1.54) is 12.4 Å². The number of anilines is 2. The van der Waals surface area contributed by atoms with E-state index in [9.17, 15) is 9.59 Å². The quantitative estimate of drug-likeness (QED) is 0.334. The maximum absolute atomic E-state index is 13.2. The van der Waals surface area contributed by atoms with Gasteiger partial charge in [0.05, 0.1) is 17.6 Å². The van der Waals surface area contributed by atoms with Gasteiger partial charge in [-0.25, -0.2) is 14.8 Å². The molecule has 0 amide bonds. The predicted octanol–water partition coefficient (Wildman–Crippen LogP) is 4.24. The third-order valence-corrected chi connectivity index (χ3v) is 6.48. The summed E-state index contributed by atoms with van der Waals surface area (Å²) in [6.07, 6.45) is 2.93. The van der Waals surface area contributed by atoms with Crippen molar-refractivity contribution in [3.63, 3.8) is 0 Å². The summed E-state index contributed by atoms with van der Waals surface area (Å²) in [7, 11) is 1.88. The molecule has 0 aliphatic rings. The van der Waals surface area contributed by atoms with Crippen molar-refractivity contribution in [3.8, 4) is 0 Å². The fourth-order valence-electron chi connectivity index (χ4n) is 3.48. The molecule has 4 rings (SSSR count). The SMILES string of the molecule is CCOC(=O)c1cnc(N(C)CCNc2ccc(C)c3sc4ccccc4c(=O)c23)nc1. The monoisotopic (exact) mass is 448 g/mol. The molecule has 2 heterocycles. The van der Waals surface area contributed by atoms with Gasteiger partial charge in [0.15, 0.2) is 5.43 Å². The smallest absolute Gasteiger partial charge is 0.341 e. The van der Waals surface area contributed by atoms with Crippen molar-refractivity contribution in [2.24, 2.45) is 0 Å². The summed E-state index contributed by atoms with van der Waals surface area (Å²) in [5.41, 5.74) is 2.28. The minimum atomic E-state index is -0.434. The van der Waals surface area contributed by atoms with Crippen LogP contribution in [0, 0.1) is 6.92 Å². The molecule has 0 saturated carbocycles. The average Bonchev–Trinajstić information content (AvgIpc) is 2.81. The Morgan fingerprint density at radius 2 is 1.91 bits per heavy atom. The third kappa shape index (κ3) is 4.27. The number of rotatable bonds is 7. The third-order valence-electron chi connectivity index (χ3n) is 5.18. The van der Waals surface area contributed by atoms with Crippen LogP contribution in [0.4, 0.5) is 11.6 Å². The van der Waals surface area contributed by atoms with Crippen LogP contribution in [0.5, 0.6) is 0 Å². The second-order valence-electron chi connectivity index (χ2n) is 7.40. The Morgan fingerprint density at radius 3 is 2.66 bits per heavy atom. The molecule has 32 heavy (non-hydrogen) atoms. The van der Waals surface area contributed by atoms with Crippen molar-refractivity contribution in [2.45, 2.75) is 13.8 Å². The first-order valence-electron chi connectivity index (χ1n) is 10.4. The highest BCUT2D eigenvalue weighted by Gasteiger charge is 2.13. The van der Waals surface area contributed by atoms with Crippen LogP contribution in [-0.4, -0.2) is 42.7 Å². The van der Waals surface area contributed by atoms with Crippen molar-refractivity contribution >= 4 is 49.1 Å². The maximum atomic E-state index is 13.2. The molecule has 0 spiro atoms. The summed E-state index contributed by atoms with van der Waals surface area (Å²) in [5.74, 6) is 0.0722. The average molecular weight is 449 g/mol. The van der Waals surface area contributed by atoms with Crippen LogP contribution in [0.3, 0.4) is 0 Å². The summed E-state index contributed by atoms with van der Waals surface area (Å²) < 4.78 is 6.95. The standard InChI is InChI=1S/C24H24N4O3S/c1-4-31-23(30)16-13-26-24(27-14-16)28(3)12-11-25-18-10-9-15(2)22-20(18)21(29)17-7-5-6-8-19(17)32-22/h5-10,13-14,25H,4,11-12H2,1-3H3. The first-order chi connectivity index (χ1) is 15.5. The van der Waals surface area contributed by atoms with E-state index in [0.29, 0.717) is 31.2 Å². The molecule has 1 N–H and O–H groups in total. The van der Waals surface area contributed by atoms with Crippen LogP contribution in [0.2, 0.25) is 0 Å². The van der Waals surface area contributed by atoms with Gasteiger partial charge in [-0.3, -0.25) is 4.79 Å². The molecule has 2 aromatic heterocycles. The van der Waals surface area contributed by atoms with Gasteiger partial charge in [0.1, 0.15) is 0 Å². The number of fused-ring (bicyclic) bond motifs is 2. The summed E-state index contributed by atoms with van der Waals surface area (Å²) >= 11 is 1.64.